The number of aliphatic hydroxyl groups is 2. The lowest BCUT2D eigenvalue weighted by atomic mass is 10.1. The number of hydrogen-bond acceptors (Lipinski definition) is 3. The second-order valence-corrected chi connectivity index (χ2v) is 8.66. The van der Waals surface area contributed by atoms with Crippen LogP contribution >= 0.6 is 0 Å². The van der Waals surface area contributed by atoms with Crippen molar-refractivity contribution in [3.8, 4) is 0 Å². The highest BCUT2D eigenvalue weighted by Gasteiger charge is 2.12. The number of anilines is 3. The third kappa shape index (κ3) is 6.92. The molecule has 0 radical (unpaired) electrons. The van der Waals surface area contributed by atoms with Crippen molar-refractivity contribution in [1.29, 1.82) is 0 Å². The quantitative estimate of drug-likeness (QED) is 0.232. The van der Waals surface area contributed by atoms with Crippen LogP contribution in [0.2, 0.25) is 0 Å². The molecule has 0 spiro atoms. The van der Waals surface area contributed by atoms with Crippen molar-refractivity contribution in [2.45, 2.75) is 25.7 Å². The Morgan fingerprint density at radius 2 is 0.886 bits per heavy atom. The van der Waals surface area contributed by atoms with Crippen LogP contribution in [-0.2, 0) is 12.8 Å². The summed E-state index contributed by atoms with van der Waals surface area (Å²) in [6.45, 7) is 0.420. The van der Waals surface area contributed by atoms with Crippen molar-refractivity contribution in [3.05, 3.63) is 125 Å². The van der Waals surface area contributed by atoms with E-state index in [1.54, 1.807) is 0 Å². The highest BCUT2D eigenvalue weighted by molar-refractivity contribution is 5.78. The molecule has 0 aliphatic carbocycles. The van der Waals surface area contributed by atoms with Gasteiger partial charge in [-0.15, -0.1) is 0 Å². The Bertz CT molecular complexity index is 1130. The highest BCUT2D eigenvalue weighted by Crippen LogP contribution is 2.35. The van der Waals surface area contributed by atoms with Gasteiger partial charge < -0.3 is 15.1 Å². The summed E-state index contributed by atoms with van der Waals surface area (Å²) in [5.41, 5.74) is 8.05. The number of benzene rings is 4. The SMILES string of the molecule is OCCCc1ccc(N(c2ccc(C=Cc3ccccc3)cc2)c2ccc(CCCO)cc2)cc1. The molecule has 4 rings (SSSR count). The van der Waals surface area contributed by atoms with Crippen LogP contribution in [0.3, 0.4) is 0 Å². The Hall–Kier alpha value is -3.66. The summed E-state index contributed by atoms with van der Waals surface area (Å²) in [4.78, 5) is 2.26. The molecule has 0 atom stereocenters. The number of nitrogens with zero attached hydrogens (tertiary/aromatic N) is 1. The van der Waals surface area contributed by atoms with Crippen LogP contribution in [0.25, 0.3) is 12.2 Å². The minimum atomic E-state index is 0.210. The van der Waals surface area contributed by atoms with Crippen LogP contribution in [0.5, 0.6) is 0 Å². The molecule has 0 bridgehead atoms. The third-order valence-electron chi connectivity index (χ3n) is 6.06. The normalized spacial score (nSPS) is 11.1. The molecular weight excluding hydrogens is 430 g/mol. The molecule has 0 saturated heterocycles. The zero-order chi connectivity index (χ0) is 24.3. The molecule has 4 aromatic rings. The molecular formula is C32H33NO2. The molecule has 0 amide bonds. The maximum Gasteiger partial charge on any atom is 0.0462 e. The number of aliphatic hydroxyl groups excluding tert-OH is 2. The molecule has 4 aromatic carbocycles. The summed E-state index contributed by atoms with van der Waals surface area (Å²) in [6.07, 6.45) is 7.56. The molecule has 0 heterocycles. The summed E-state index contributed by atoms with van der Waals surface area (Å²) >= 11 is 0. The standard InChI is InChI=1S/C32H33NO2/c34-24-4-8-27-12-18-30(19-13-27)33(31-20-14-28(15-21-31)9-5-25-35)32-22-16-29(17-23-32)11-10-26-6-2-1-3-7-26/h1-3,6-7,10-23,34-35H,4-5,8-9,24-25H2. The summed E-state index contributed by atoms with van der Waals surface area (Å²) in [5, 5.41) is 18.3. The average molecular weight is 464 g/mol. The fraction of sp³-hybridized carbons (Fsp3) is 0.188. The first-order chi connectivity index (χ1) is 17.3. The van der Waals surface area contributed by atoms with E-state index < -0.39 is 0 Å². The zero-order valence-electron chi connectivity index (χ0n) is 20.1. The summed E-state index contributed by atoms with van der Waals surface area (Å²) in [5.74, 6) is 0. The second kappa shape index (κ2) is 12.7. The fourth-order valence-electron chi connectivity index (χ4n) is 4.13. The molecule has 2 N–H and O–H groups in total. The number of hydrogen-bond donors (Lipinski definition) is 2. The van der Waals surface area contributed by atoms with Crippen LogP contribution < -0.4 is 4.90 Å². The van der Waals surface area contributed by atoms with Gasteiger partial charge in [0.1, 0.15) is 0 Å². The van der Waals surface area contributed by atoms with Gasteiger partial charge in [0.2, 0.25) is 0 Å². The van der Waals surface area contributed by atoms with E-state index in [4.69, 9.17) is 10.2 Å². The molecule has 0 aliphatic heterocycles. The van der Waals surface area contributed by atoms with Gasteiger partial charge in [0, 0.05) is 30.3 Å². The molecule has 0 aromatic heterocycles. The van der Waals surface area contributed by atoms with Crippen molar-refractivity contribution >= 4 is 29.2 Å². The van der Waals surface area contributed by atoms with E-state index in [-0.39, 0.29) is 13.2 Å². The van der Waals surface area contributed by atoms with E-state index in [2.05, 4.69) is 102 Å². The van der Waals surface area contributed by atoms with E-state index in [9.17, 15) is 0 Å². The molecule has 3 nitrogen and oxygen atoms in total. The van der Waals surface area contributed by atoms with Crippen LogP contribution in [0.1, 0.15) is 35.1 Å². The van der Waals surface area contributed by atoms with Crippen molar-refractivity contribution in [1.82, 2.24) is 0 Å². The maximum absolute atomic E-state index is 9.14. The number of aryl methyl sites for hydroxylation is 2. The first-order valence-electron chi connectivity index (χ1n) is 12.3. The Balaban J connectivity index is 1.61. The van der Waals surface area contributed by atoms with E-state index in [0.29, 0.717) is 0 Å². The van der Waals surface area contributed by atoms with Gasteiger partial charge in [0.25, 0.3) is 0 Å². The second-order valence-electron chi connectivity index (χ2n) is 8.66. The fourth-order valence-corrected chi connectivity index (χ4v) is 4.13. The van der Waals surface area contributed by atoms with E-state index in [1.165, 1.54) is 16.7 Å². The van der Waals surface area contributed by atoms with Gasteiger partial charge in [-0.05, 0) is 84.3 Å². The number of rotatable bonds is 11. The van der Waals surface area contributed by atoms with Crippen molar-refractivity contribution in [2.75, 3.05) is 18.1 Å². The summed E-state index contributed by atoms with van der Waals surface area (Å²) in [7, 11) is 0. The Labute approximate surface area is 208 Å². The zero-order valence-corrected chi connectivity index (χ0v) is 20.1. The molecule has 35 heavy (non-hydrogen) atoms. The Morgan fingerprint density at radius 3 is 1.31 bits per heavy atom. The minimum Gasteiger partial charge on any atom is -0.396 e. The molecule has 0 unspecified atom stereocenters. The van der Waals surface area contributed by atoms with E-state index >= 15 is 0 Å². The smallest absolute Gasteiger partial charge is 0.0462 e. The average Bonchev–Trinajstić information content (AvgIpc) is 2.92. The molecule has 0 fully saturated rings. The van der Waals surface area contributed by atoms with Gasteiger partial charge in [-0.25, -0.2) is 0 Å². The lowest BCUT2D eigenvalue weighted by Crippen LogP contribution is -2.10. The largest absolute Gasteiger partial charge is 0.396 e. The third-order valence-corrected chi connectivity index (χ3v) is 6.06. The van der Waals surface area contributed by atoms with Crippen LogP contribution in [-0.4, -0.2) is 23.4 Å². The lowest BCUT2D eigenvalue weighted by Gasteiger charge is -2.26. The highest BCUT2D eigenvalue weighted by atomic mass is 16.3. The van der Waals surface area contributed by atoms with Crippen molar-refractivity contribution in [3.63, 3.8) is 0 Å². The predicted octanol–water partition coefficient (Wildman–Crippen LogP) is 7.18. The Kier molecular flexibility index (Phi) is 8.88. The van der Waals surface area contributed by atoms with Crippen LogP contribution in [0.4, 0.5) is 17.1 Å². The maximum atomic E-state index is 9.14. The van der Waals surface area contributed by atoms with Gasteiger partial charge in [0.05, 0.1) is 0 Å². The molecule has 178 valence electrons. The van der Waals surface area contributed by atoms with Crippen LogP contribution in [0.15, 0.2) is 103 Å². The van der Waals surface area contributed by atoms with Crippen LogP contribution in [0, 0.1) is 0 Å². The molecule has 3 heteroatoms. The van der Waals surface area contributed by atoms with Gasteiger partial charge in [0.15, 0.2) is 0 Å². The first kappa shape index (κ1) is 24.5. The van der Waals surface area contributed by atoms with Gasteiger partial charge >= 0.3 is 0 Å². The first-order valence-corrected chi connectivity index (χ1v) is 12.3. The monoisotopic (exact) mass is 463 g/mol. The van der Waals surface area contributed by atoms with Gasteiger partial charge in [-0.1, -0.05) is 78.9 Å². The molecule has 0 saturated carbocycles. The van der Waals surface area contributed by atoms with Crippen molar-refractivity contribution < 1.29 is 10.2 Å². The van der Waals surface area contributed by atoms with Gasteiger partial charge in [-0.3, -0.25) is 0 Å². The lowest BCUT2D eigenvalue weighted by molar-refractivity contribution is 0.288. The van der Waals surface area contributed by atoms with E-state index in [1.807, 2.05) is 18.2 Å². The van der Waals surface area contributed by atoms with E-state index in [0.717, 1.165) is 48.3 Å². The molecule has 0 aliphatic rings. The summed E-state index contributed by atoms with van der Waals surface area (Å²) in [6, 6.07) is 36.1. The minimum absolute atomic E-state index is 0.210. The Morgan fingerprint density at radius 1 is 0.486 bits per heavy atom. The van der Waals surface area contributed by atoms with Gasteiger partial charge in [-0.2, -0.15) is 0 Å². The van der Waals surface area contributed by atoms with Crippen molar-refractivity contribution in [2.24, 2.45) is 0 Å². The summed E-state index contributed by atoms with van der Waals surface area (Å²) < 4.78 is 0. The predicted molar refractivity (Wildman–Crippen MR) is 147 cm³/mol. The topological polar surface area (TPSA) is 43.7 Å².